The highest BCUT2D eigenvalue weighted by Crippen LogP contribution is 2.39. The summed E-state index contributed by atoms with van der Waals surface area (Å²) in [4.78, 5) is 22.1. The maximum atomic E-state index is 11.2. The van der Waals surface area contributed by atoms with Crippen molar-refractivity contribution in [2.45, 2.75) is 31.0 Å². The molecule has 1 fully saturated rings. The van der Waals surface area contributed by atoms with E-state index >= 15 is 0 Å². The Hall–Kier alpha value is -1.40. The van der Waals surface area contributed by atoms with Gasteiger partial charge in [-0.15, -0.1) is 0 Å². The highest BCUT2D eigenvalue weighted by atomic mass is 16.4. The number of aliphatic carboxylic acids is 2. The maximum absolute atomic E-state index is 11.2. The molecule has 4 unspecified atom stereocenters. The number of carboxylic acids is 2. The number of aliphatic hydroxyl groups excluding tert-OH is 1. The second-order valence-electron chi connectivity index (χ2n) is 4.38. The van der Waals surface area contributed by atoms with E-state index in [2.05, 4.69) is 5.32 Å². The van der Waals surface area contributed by atoms with Crippen molar-refractivity contribution in [3.8, 4) is 0 Å². The SMILES string of the molecule is O=C(O)C1CC2(C(=O)O)C=CC(O)C(C2)N1. The molecule has 2 bridgehead atoms. The van der Waals surface area contributed by atoms with Crippen molar-refractivity contribution in [3.63, 3.8) is 0 Å². The van der Waals surface area contributed by atoms with Gasteiger partial charge in [-0.05, 0) is 12.8 Å². The van der Waals surface area contributed by atoms with Crippen LogP contribution in [0.15, 0.2) is 12.2 Å². The van der Waals surface area contributed by atoms with Crippen LogP contribution >= 0.6 is 0 Å². The summed E-state index contributed by atoms with van der Waals surface area (Å²) in [7, 11) is 0. The summed E-state index contributed by atoms with van der Waals surface area (Å²) >= 11 is 0. The standard InChI is InChI=1S/C10H13NO5/c12-7-1-2-10(9(15)16)3-5(7)11-6(4-10)8(13)14/h1-2,5-7,11-12H,3-4H2,(H,13,14)(H,15,16). The van der Waals surface area contributed by atoms with E-state index < -0.39 is 35.5 Å². The number of rotatable bonds is 2. The Kier molecular flexibility index (Phi) is 2.47. The van der Waals surface area contributed by atoms with E-state index in [9.17, 15) is 19.8 Å². The van der Waals surface area contributed by atoms with Crippen LogP contribution in [0, 0.1) is 5.41 Å². The Balaban J connectivity index is 2.34. The summed E-state index contributed by atoms with van der Waals surface area (Å²) in [5, 5.41) is 30.4. The quantitative estimate of drug-likeness (QED) is 0.460. The summed E-state index contributed by atoms with van der Waals surface area (Å²) in [5.41, 5.74) is -1.15. The molecule has 0 radical (unpaired) electrons. The van der Waals surface area contributed by atoms with Crippen LogP contribution in [-0.2, 0) is 9.59 Å². The summed E-state index contributed by atoms with van der Waals surface area (Å²) < 4.78 is 0. The summed E-state index contributed by atoms with van der Waals surface area (Å²) in [6.07, 6.45) is 2.26. The van der Waals surface area contributed by atoms with Crippen LogP contribution < -0.4 is 5.32 Å². The van der Waals surface area contributed by atoms with Crippen molar-refractivity contribution in [3.05, 3.63) is 12.2 Å². The molecule has 0 spiro atoms. The van der Waals surface area contributed by atoms with Crippen molar-refractivity contribution in [2.24, 2.45) is 5.41 Å². The molecule has 2 rings (SSSR count). The molecule has 4 N–H and O–H groups in total. The van der Waals surface area contributed by atoms with E-state index in [1.165, 1.54) is 12.2 Å². The Morgan fingerprint density at radius 1 is 1.31 bits per heavy atom. The highest BCUT2D eigenvalue weighted by molar-refractivity contribution is 5.81. The third-order valence-electron chi connectivity index (χ3n) is 3.32. The van der Waals surface area contributed by atoms with E-state index in [-0.39, 0.29) is 12.8 Å². The Morgan fingerprint density at radius 3 is 2.56 bits per heavy atom. The van der Waals surface area contributed by atoms with Gasteiger partial charge in [0.25, 0.3) is 0 Å². The molecule has 1 heterocycles. The van der Waals surface area contributed by atoms with Crippen molar-refractivity contribution >= 4 is 11.9 Å². The zero-order valence-corrected chi connectivity index (χ0v) is 8.46. The average Bonchev–Trinajstić information content (AvgIpc) is 2.23. The van der Waals surface area contributed by atoms with Crippen molar-refractivity contribution in [1.82, 2.24) is 5.32 Å². The number of aliphatic hydroxyl groups is 1. The van der Waals surface area contributed by atoms with Gasteiger partial charge < -0.3 is 15.3 Å². The minimum atomic E-state index is -1.15. The molecule has 4 atom stereocenters. The number of hydrogen-bond acceptors (Lipinski definition) is 4. The van der Waals surface area contributed by atoms with E-state index in [4.69, 9.17) is 5.11 Å². The largest absolute Gasteiger partial charge is 0.481 e. The molecule has 1 aliphatic heterocycles. The number of carbonyl (C=O) groups is 2. The molecule has 1 aliphatic carbocycles. The molecule has 88 valence electrons. The predicted molar refractivity (Wildman–Crippen MR) is 52.8 cm³/mol. The third kappa shape index (κ3) is 1.60. The summed E-state index contributed by atoms with van der Waals surface area (Å²) in [5.74, 6) is -2.12. The molecular weight excluding hydrogens is 214 g/mol. The second kappa shape index (κ2) is 3.57. The van der Waals surface area contributed by atoms with Gasteiger partial charge in [-0.1, -0.05) is 12.2 Å². The number of carboxylic acid groups (broad SMARTS) is 2. The van der Waals surface area contributed by atoms with E-state index in [0.717, 1.165) is 0 Å². The van der Waals surface area contributed by atoms with Crippen LogP contribution in [0.2, 0.25) is 0 Å². The van der Waals surface area contributed by atoms with Crippen molar-refractivity contribution in [1.29, 1.82) is 0 Å². The second-order valence-corrected chi connectivity index (χ2v) is 4.38. The van der Waals surface area contributed by atoms with Crippen LogP contribution in [-0.4, -0.2) is 45.4 Å². The van der Waals surface area contributed by atoms with Gasteiger partial charge >= 0.3 is 11.9 Å². The zero-order chi connectivity index (χ0) is 11.9. The minimum absolute atomic E-state index is 0.0113. The van der Waals surface area contributed by atoms with Gasteiger partial charge in [0.1, 0.15) is 6.04 Å². The lowest BCUT2D eigenvalue weighted by Gasteiger charge is -2.43. The van der Waals surface area contributed by atoms with E-state index in [1.54, 1.807) is 0 Å². The van der Waals surface area contributed by atoms with Gasteiger partial charge in [-0.2, -0.15) is 0 Å². The predicted octanol–water partition coefficient (Wildman–Crippen LogP) is -0.807. The van der Waals surface area contributed by atoms with Crippen LogP contribution in [0.3, 0.4) is 0 Å². The van der Waals surface area contributed by atoms with Gasteiger partial charge in [-0.3, -0.25) is 14.9 Å². The molecule has 0 aromatic carbocycles. The molecule has 0 amide bonds. The van der Waals surface area contributed by atoms with Crippen LogP contribution in [0.5, 0.6) is 0 Å². The average molecular weight is 227 g/mol. The number of hydrogen-bond donors (Lipinski definition) is 4. The molecule has 16 heavy (non-hydrogen) atoms. The van der Waals surface area contributed by atoms with Crippen molar-refractivity contribution < 1.29 is 24.9 Å². The lowest BCUT2D eigenvalue weighted by Crippen LogP contribution is -2.60. The molecule has 0 aromatic heterocycles. The normalized spacial score (nSPS) is 41.7. The fourth-order valence-electron chi connectivity index (χ4n) is 2.39. The molecule has 6 heteroatoms. The van der Waals surface area contributed by atoms with Crippen LogP contribution in [0.25, 0.3) is 0 Å². The third-order valence-corrected chi connectivity index (χ3v) is 3.32. The Labute approximate surface area is 91.6 Å². The van der Waals surface area contributed by atoms with Gasteiger partial charge in [0.05, 0.1) is 11.5 Å². The molecule has 0 aromatic rings. The van der Waals surface area contributed by atoms with Crippen LogP contribution in [0.4, 0.5) is 0 Å². The van der Waals surface area contributed by atoms with Gasteiger partial charge in [0.2, 0.25) is 0 Å². The first-order valence-electron chi connectivity index (χ1n) is 5.04. The van der Waals surface area contributed by atoms with Crippen molar-refractivity contribution in [2.75, 3.05) is 0 Å². The molecular formula is C10H13NO5. The number of piperidine rings is 1. The Morgan fingerprint density at radius 2 is 2.00 bits per heavy atom. The van der Waals surface area contributed by atoms with E-state index in [0.29, 0.717) is 0 Å². The molecule has 6 nitrogen and oxygen atoms in total. The van der Waals surface area contributed by atoms with Crippen LogP contribution in [0.1, 0.15) is 12.8 Å². The zero-order valence-electron chi connectivity index (χ0n) is 8.46. The fourth-order valence-corrected chi connectivity index (χ4v) is 2.39. The summed E-state index contributed by atoms with van der Waals surface area (Å²) in [6, 6.07) is -1.43. The van der Waals surface area contributed by atoms with E-state index in [1.807, 2.05) is 0 Å². The first kappa shape index (κ1) is 11.1. The lowest BCUT2D eigenvalue weighted by molar-refractivity contribution is -0.152. The first-order chi connectivity index (χ1) is 7.44. The Bertz CT molecular complexity index is 366. The molecule has 0 saturated carbocycles. The topological polar surface area (TPSA) is 107 Å². The minimum Gasteiger partial charge on any atom is -0.481 e. The van der Waals surface area contributed by atoms with Gasteiger partial charge in [-0.25, -0.2) is 0 Å². The monoisotopic (exact) mass is 227 g/mol. The smallest absolute Gasteiger partial charge is 0.320 e. The van der Waals surface area contributed by atoms with Gasteiger partial charge in [0.15, 0.2) is 0 Å². The maximum Gasteiger partial charge on any atom is 0.320 e. The number of fused-ring (bicyclic) bond motifs is 2. The molecule has 1 saturated heterocycles. The fraction of sp³-hybridized carbons (Fsp3) is 0.600. The number of nitrogens with one attached hydrogen (secondary N) is 1. The lowest BCUT2D eigenvalue weighted by atomic mass is 9.69. The summed E-state index contributed by atoms with van der Waals surface area (Å²) in [6.45, 7) is 0. The van der Waals surface area contributed by atoms with Gasteiger partial charge in [0, 0.05) is 6.04 Å². The highest BCUT2D eigenvalue weighted by Gasteiger charge is 2.50. The first-order valence-corrected chi connectivity index (χ1v) is 5.04. The molecule has 2 aliphatic rings.